The molecule has 6 heteroatoms. The summed E-state index contributed by atoms with van der Waals surface area (Å²) >= 11 is 1.47. The predicted molar refractivity (Wildman–Crippen MR) is 86.7 cm³/mol. The van der Waals surface area contributed by atoms with Crippen molar-refractivity contribution in [3.63, 3.8) is 0 Å². The second-order valence-corrected chi connectivity index (χ2v) is 5.55. The van der Waals surface area contributed by atoms with Gasteiger partial charge in [0.05, 0.1) is 0 Å². The van der Waals surface area contributed by atoms with Crippen molar-refractivity contribution in [2.24, 2.45) is 0 Å². The number of hydrogen-bond donors (Lipinski definition) is 2. The number of nitrogens with two attached hydrogens (primary N) is 1. The molecule has 3 rings (SSSR count). The van der Waals surface area contributed by atoms with Gasteiger partial charge >= 0.3 is 0 Å². The van der Waals surface area contributed by atoms with Gasteiger partial charge in [-0.3, -0.25) is 0 Å². The van der Waals surface area contributed by atoms with Crippen molar-refractivity contribution >= 4 is 29.0 Å². The monoisotopic (exact) mass is 312 g/mol. The van der Waals surface area contributed by atoms with E-state index in [1.165, 1.54) is 30.2 Å². The van der Waals surface area contributed by atoms with Gasteiger partial charge in [0.25, 0.3) is 0 Å². The molecular weight excluding hydrogens is 299 g/mol. The molecule has 0 amide bonds. The van der Waals surface area contributed by atoms with Crippen LogP contribution in [0.3, 0.4) is 0 Å². The first kappa shape index (κ1) is 14.3. The number of nitrogen functional groups attached to an aromatic ring is 1. The third kappa shape index (κ3) is 3.35. The quantitative estimate of drug-likeness (QED) is 0.710. The third-order valence-corrected chi connectivity index (χ3v) is 3.94. The molecule has 3 aromatic rings. The van der Waals surface area contributed by atoms with E-state index in [0.29, 0.717) is 22.2 Å². The minimum atomic E-state index is -0.290. The van der Waals surface area contributed by atoms with Crippen LogP contribution in [0.2, 0.25) is 0 Å². The Hall–Kier alpha value is -2.60. The Morgan fingerprint density at radius 1 is 0.955 bits per heavy atom. The van der Waals surface area contributed by atoms with Crippen molar-refractivity contribution in [1.29, 1.82) is 0 Å². The molecule has 0 aliphatic heterocycles. The summed E-state index contributed by atoms with van der Waals surface area (Å²) in [6.07, 6.45) is 1.45. The molecule has 0 bridgehead atoms. The summed E-state index contributed by atoms with van der Waals surface area (Å²) in [5.74, 6) is 0.210. The minimum absolute atomic E-state index is 0.290. The van der Waals surface area contributed by atoms with Crippen LogP contribution in [-0.4, -0.2) is 9.97 Å². The zero-order chi connectivity index (χ0) is 15.4. The molecule has 0 aliphatic rings. The first-order valence-corrected chi connectivity index (χ1v) is 7.40. The number of halogens is 1. The lowest BCUT2D eigenvalue weighted by Crippen LogP contribution is -2.02. The first-order valence-electron chi connectivity index (χ1n) is 6.58. The van der Waals surface area contributed by atoms with E-state index in [1.807, 2.05) is 30.3 Å². The molecule has 0 atom stereocenters. The molecule has 110 valence electrons. The van der Waals surface area contributed by atoms with E-state index in [1.54, 1.807) is 12.1 Å². The smallest absolute Gasteiger partial charge is 0.158 e. The highest BCUT2D eigenvalue weighted by molar-refractivity contribution is 7.99. The van der Waals surface area contributed by atoms with Crippen molar-refractivity contribution in [1.82, 2.24) is 9.97 Å². The third-order valence-electron chi connectivity index (χ3n) is 2.91. The Balaban J connectivity index is 1.84. The first-order chi connectivity index (χ1) is 10.7. The molecule has 1 heterocycles. The number of hydrogen-bond acceptors (Lipinski definition) is 5. The molecule has 1 aromatic heterocycles. The number of rotatable bonds is 4. The molecule has 0 aliphatic carbocycles. The summed E-state index contributed by atoms with van der Waals surface area (Å²) < 4.78 is 12.9. The molecule has 0 radical (unpaired) electrons. The molecule has 0 fully saturated rings. The van der Waals surface area contributed by atoms with Gasteiger partial charge in [-0.15, -0.1) is 0 Å². The fourth-order valence-corrected chi connectivity index (χ4v) is 2.65. The lowest BCUT2D eigenvalue weighted by atomic mass is 10.3. The van der Waals surface area contributed by atoms with Crippen LogP contribution in [0.15, 0.2) is 70.8 Å². The van der Waals surface area contributed by atoms with Crippen LogP contribution >= 0.6 is 11.8 Å². The molecule has 4 nitrogen and oxygen atoms in total. The van der Waals surface area contributed by atoms with Gasteiger partial charge in [0.15, 0.2) is 5.82 Å². The zero-order valence-corrected chi connectivity index (χ0v) is 12.3. The van der Waals surface area contributed by atoms with Crippen LogP contribution < -0.4 is 11.1 Å². The molecule has 22 heavy (non-hydrogen) atoms. The van der Waals surface area contributed by atoms with Gasteiger partial charge in [0, 0.05) is 10.6 Å². The standard InChI is InChI=1S/C16H13FN4S/c17-11-6-8-12(9-7-11)21-15-14(18)16(20-10-19-15)22-13-4-2-1-3-5-13/h1-10H,18H2,(H,19,20,21). The van der Waals surface area contributed by atoms with E-state index in [4.69, 9.17) is 5.73 Å². The highest BCUT2D eigenvalue weighted by Gasteiger charge is 2.10. The molecule has 2 aromatic carbocycles. The zero-order valence-electron chi connectivity index (χ0n) is 11.5. The van der Waals surface area contributed by atoms with Crippen LogP contribution in [0, 0.1) is 5.82 Å². The topological polar surface area (TPSA) is 63.8 Å². The molecule has 0 spiro atoms. The second-order valence-electron chi connectivity index (χ2n) is 4.49. The lowest BCUT2D eigenvalue weighted by Gasteiger charge is -2.10. The van der Waals surface area contributed by atoms with Gasteiger partial charge < -0.3 is 11.1 Å². The van der Waals surface area contributed by atoms with E-state index in [0.717, 1.165) is 4.90 Å². The number of nitrogens with one attached hydrogen (secondary N) is 1. The molecule has 3 N–H and O–H groups in total. The largest absolute Gasteiger partial charge is 0.394 e. The summed E-state index contributed by atoms with van der Waals surface area (Å²) in [4.78, 5) is 9.40. The van der Waals surface area contributed by atoms with Crippen LogP contribution in [-0.2, 0) is 0 Å². The second kappa shape index (κ2) is 6.44. The molecule has 0 unspecified atom stereocenters. The Morgan fingerprint density at radius 3 is 2.41 bits per heavy atom. The van der Waals surface area contributed by atoms with Crippen LogP contribution in [0.25, 0.3) is 0 Å². The molecular formula is C16H13FN4S. The lowest BCUT2D eigenvalue weighted by molar-refractivity contribution is 0.628. The Kier molecular flexibility index (Phi) is 4.20. The number of aromatic nitrogens is 2. The average molecular weight is 312 g/mol. The maximum Gasteiger partial charge on any atom is 0.158 e. The van der Waals surface area contributed by atoms with Gasteiger partial charge in [0.2, 0.25) is 0 Å². The van der Waals surface area contributed by atoms with Crippen molar-refractivity contribution in [3.8, 4) is 0 Å². The number of nitrogens with zero attached hydrogens (tertiary/aromatic N) is 2. The molecule has 0 saturated heterocycles. The average Bonchev–Trinajstić information content (AvgIpc) is 2.54. The Labute approximate surface area is 131 Å². The van der Waals surface area contributed by atoms with Crippen molar-refractivity contribution < 1.29 is 4.39 Å². The summed E-state index contributed by atoms with van der Waals surface area (Å²) in [6, 6.07) is 15.8. The predicted octanol–water partition coefficient (Wildman–Crippen LogP) is 4.09. The Morgan fingerprint density at radius 2 is 1.68 bits per heavy atom. The number of anilines is 3. The van der Waals surface area contributed by atoms with E-state index in [-0.39, 0.29) is 5.82 Å². The fraction of sp³-hybridized carbons (Fsp3) is 0. The highest BCUT2D eigenvalue weighted by Crippen LogP contribution is 2.33. The van der Waals surface area contributed by atoms with Crippen molar-refractivity contribution in [2.45, 2.75) is 9.92 Å². The maximum absolute atomic E-state index is 12.9. The van der Waals surface area contributed by atoms with Gasteiger partial charge in [-0.1, -0.05) is 30.0 Å². The summed E-state index contributed by atoms with van der Waals surface area (Å²) in [6.45, 7) is 0. The highest BCUT2D eigenvalue weighted by atomic mass is 32.2. The normalized spacial score (nSPS) is 10.4. The van der Waals surface area contributed by atoms with Gasteiger partial charge in [-0.2, -0.15) is 0 Å². The van der Waals surface area contributed by atoms with Crippen LogP contribution in [0.4, 0.5) is 21.6 Å². The van der Waals surface area contributed by atoms with E-state index < -0.39 is 0 Å². The van der Waals surface area contributed by atoms with Gasteiger partial charge in [-0.05, 0) is 36.4 Å². The molecule has 0 saturated carbocycles. The Bertz CT molecular complexity index is 763. The van der Waals surface area contributed by atoms with Crippen molar-refractivity contribution in [2.75, 3.05) is 11.1 Å². The van der Waals surface area contributed by atoms with Crippen molar-refractivity contribution in [3.05, 3.63) is 66.7 Å². The van der Waals surface area contributed by atoms with Gasteiger partial charge in [0.1, 0.15) is 22.9 Å². The summed E-state index contributed by atoms with van der Waals surface area (Å²) in [7, 11) is 0. The van der Waals surface area contributed by atoms with E-state index >= 15 is 0 Å². The maximum atomic E-state index is 12.9. The summed E-state index contributed by atoms with van der Waals surface area (Å²) in [5.41, 5.74) is 7.30. The SMILES string of the molecule is Nc1c(Nc2ccc(F)cc2)ncnc1Sc1ccccc1. The summed E-state index contributed by atoms with van der Waals surface area (Å²) in [5, 5.41) is 3.74. The van der Waals surface area contributed by atoms with E-state index in [2.05, 4.69) is 15.3 Å². The minimum Gasteiger partial charge on any atom is -0.394 e. The fourth-order valence-electron chi connectivity index (χ4n) is 1.83. The number of benzene rings is 2. The van der Waals surface area contributed by atoms with E-state index in [9.17, 15) is 4.39 Å². The van der Waals surface area contributed by atoms with Crippen LogP contribution in [0.5, 0.6) is 0 Å². The van der Waals surface area contributed by atoms with Gasteiger partial charge in [-0.25, -0.2) is 14.4 Å². The van der Waals surface area contributed by atoms with Crippen LogP contribution in [0.1, 0.15) is 0 Å².